The van der Waals surface area contributed by atoms with Crippen LogP contribution in [-0.4, -0.2) is 19.9 Å². The van der Waals surface area contributed by atoms with E-state index in [0.29, 0.717) is 0 Å². The molecule has 2 N–H and O–H groups in total. The number of nitrogens with two attached hydrogens (primary N) is 1. The molecule has 15 heavy (non-hydrogen) atoms. The topological polar surface area (TPSA) is 60.2 Å². The minimum Gasteiger partial charge on any atom is -0.323 e. The highest BCUT2D eigenvalue weighted by atomic mass is 79.9. The average molecular weight is 377 g/mol. The molecule has 3 nitrogen and oxygen atoms in total. The van der Waals surface area contributed by atoms with Crippen LogP contribution < -0.4 is 5.73 Å². The van der Waals surface area contributed by atoms with Gasteiger partial charge in [0.15, 0.2) is 9.84 Å². The number of sulfone groups is 1. The van der Waals surface area contributed by atoms with Crippen molar-refractivity contribution in [1.29, 1.82) is 0 Å². The van der Waals surface area contributed by atoms with Crippen molar-refractivity contribution in [2.45, 2.75) is 18.2 Å². The molecular formula is C8H11Br2NO2S2. The maximum absolute atomic E-state index is 11.4. The molecule has 0 saturated carbocycles. The fourth-order valence-electron chi connectivity index (χ4n) is 1.10. The van der Waals surface area contributed by atoms with Crippen LogP contribution >= 0.6 is 43.2 Å². The predicted molar refractivity (Wildman–Crippen MR) is 71.0 cm³/mol. The van der Waals surface area contributed by atoms with Crippen LogP contribution in [-0.2, 0) is 9.84 Å². The van der Waals surface area contributed by atoms with Crippen LogP contribution in [0.1, 0.15) is 18.5 Å². The number of halogens is 2. The van der Waals surface area contributed by atoms with E-state index in [-0.39, 0.29) is 0 Å². The molecule has 1 rings (SSSR count). The van der Waals surface area contributed by atoms with Gasteiger partial charge in [-0.25, -0.2) is 8.42 Å². The Morgan fingerprint density at radius 1 is 1.47 bits per heavy atom. The molecular weight excluding hydrogens is 366 g/mol. The van der Waals surface area contributed by atoms with Crippen molar-refractivity contribution >= 4 is 53.0 Å². The lowest BCUT2D eigenvalue weighted by Gasteiger charge is -2.17. The van der Waals surface area contributed by atoms with Crippen LogP contribution in [0.3, 0.4) is 0 Å². The second-order valence-corrected chi connectivity index (χ2v) is 9.49. The third-order valence-electron chi connectivity index (χ3n) is 2.22. The first-order valence-corrected chi connectivity index (χ1v) is 8.48. The molecule has 0 bridgehead atoms. The first-order valence-electron chi connectivity index (χ1n) is 4.12. The quantitative estimate of drug-likeness (QED) is 0.882. The van der Waals surface area contributed by atoms with Crippen LogP contribution in [0.15, 0.2) is 13.6 Å². The van der Waals surface area contributed by atoms with Crippen LogP contribution in [0.2, 0.25) is 0 Å². The maximum atomic E-state index is 11.4. The Morgan fingerprint density at radius 2 is 2.00 bits per heavy atom. The van der Waals surface area contributed by atoms with Crippen LogP contribution in [0, 0.1) is 0 Å². The molecule has 86 valence electrons. The summed E-state index contributed by atoms with van der Waals surface area (Å²) in [5.74, 6) is 0. The largest absolute Gasteiger partial charge is 0.323 e. The Labute approximate surface area is 110 Å². The predicted octanol–water partition coefficient (Wildman–Crippen LogP) is 2.71. The summed E-state index contributed by atoms with van der Waals surface area (Å²) < 4.78 is 24.5. The van der Waals surface area contributed by atoms with E-state index >= 15 is 0 Å². The van der Waals surface area contributed by atoms with Crippen molar-refractivity contribution in [2.24, 2.45) is 5.73 Å². The van der Waals surface area contributed by atoms with Gasteiger partial charge in [0.05, 0.1) is 12.8 Å². The van der Waals surface area contributed by atoms with E-state index in [2.05, 4.69) is 31.9 Å². The Kier molecular flexibility index (Phi) is 4.39. The Hall–Kier alpha value is 0.570. The van der Waals surface area contributed by atoms with E-state index in [1.807, 2.05) is 6.07 Å². The number of hydrogen-bond donors (Lipinski definition) is 1. The molecule has 1 heterocycles. The minimum absolute atomic E-state index is 0.503. The van der Waals surface area contributed by atoms with E-state index in [0.717, 1.165) is 13.1 Å². The molecule has 2 unspecified atom stereocenters. The molecule has 0 fully saturated rings. The molecule has 1 aromatic heterocycles. The summed E-state index contributed by atoms with van der Waals surface area (Å²) in [5, 5.41) is -0.588. The van der Waals surface area contributed by atoms with E-state index in [1.54, 1.807) is 6.92 Å². The van der Waals surface area contributed by atoms with Gasteiger partial charge in [-0.3, -0.25) is 0 Å². The lowest BCUT2D eigenvalue weighted by atomic mass is 10.1. The summed E-state index contributed by atoms with van der Waals surface area (Å²) >= 11 is 8.18. The summed E-state index contributed by atoms with van der Waals surface area (Å²) in [6, 6.07) is 1.35. The highest BCUT2D eigenvalue weighted by Gasteiger charge is 2.26. The molecule has 2 atom stereocenters. The summed E-state index contributed by atoms with van der Waals surface area (Å²) in [4.78, 5) is 0. The summed E-state index contributed by atoms with van der Waals surface area (Å²) in [6.45, 7) is 1.62. The number of thiophene rings is 1. The monoisotopic (exact) mass is 375 g/mol. The fraction of sp³-hybridized carbons (Fsp3) is 0.500. The van der Waals surface area contributed by atoms with Gasteiger partial charge >= 0.3 is 0 Å². The zero-order chi connectivity index (χ0) is 11.8. The minimum atomic E-state index is -3.11. The average Bonchev–Trinajstić information content (AvgIpc) is 2.41. The van der Waals surface area contributed by atoms with Crippen molar-refractivity contribution < 1.29 is 8.42 Å². The highest BCUT2D eigenvalue weighted by molar-refractivity contribution is 9.12. The molecule has 0 aliphatic rings. The number of hydrogen-bond acceptors (Lipinski definition) is 4. The number of rotatable bonds is 3. The Bertz CT molecular complexity index is 455. The van der Waals surface area contributed by atoms with E-state index in [1.165, 1.54) is 17.6 Å². The third-order valence-corrected chi connectivity index (χ3v) is 6.25. The molecule has 0 saturated heterocycles. The van der Waals surface area contributed by atoms with Gasteiger partial charge in [-0.2, -0.15) is 0 Å². The SMILES string of the molecule is CC(C(N)c1cc(Br)sc1Br)S(C)(=O)=O. The van der Waals surface area contributed by atoms with Crippen molar-refractivity contribution in [3.8, 4) is 0 Å². The van der Waals surface area contributed by atoms with Crippen molar-refractivity contribution in [3.05, 3.63) is 19.2 Å². The van der Waals surface area contributed by atoms with Gasteiger partial charge in [0.2, 0.25) is 0 Å². The Balaban J connectivity index is 3.05. The second kappa shape index (κ2) is 4.83. The third kappa shape index (κ3) is 3.26. The summed E-state index contributed by atoms with van der Waals surface area (Å²) in [6.07, 6.45) is 1.20. The lowest BCUT2D eigenvalue weighted by Crippen LogP contribution is -2.30. The van der Waals surface area contributed by atoms with Gasteiger partial charge in [0.1, 0.15) is 0 Å². The zero-order valence-corrected chi connectivity index (χ0v) is 13.0. The van der Waals surface area contributed by atoms with Crippen molar-refractivity contribution in [1.82, 2.24) is 0 Å². The normalized spacial score (nSPS) is 16.3. The standard InChI is InChI=1S/C8H11Br2NO2S2/c1-4(15(2,12)13)7(11)5-3-6(9)14-8(5)10/h3-4,7H,11H2,1-2H3. The molecule has 7 heteroatoms. The maximum Gasteiger partial charge on any atom is 0.151 e. The van der Waals surface area contributed by atoms with Gasteiger partial charge in [0, 0.05) is 12.3 Å². The lowest BCUT2D eigenvalue weighted by molar-refractivity contribution is 0.571. The first-order chi connectivity index (χ1) is 6.73. The van der Waals surface area contributed by atoms with Gasteiger partial charge in [-0.15, -0.1) is 11.3 Å². The van der Waals surface area contributed by atoms with Crippen molar-refractivity contribution in [3.63, 3.8) is 0 Å². The van der Waals surface area contributed by atoms with Gasteiger partial charge in [0.25, 0.3) is 0 Å². The fourth-order valence-corrected chi connectivity index (χ4v) is 4.73. The van der Waals surface area contributed by atoms with E-state index in [9.17, 15) is 8.42 Å². The molecule has 1 aromatic rings. The van der Waals surface area contributed by atoms with E-state index < -0.39 is 21.1 Å². The molecule has 0 aromatic carbocycles. The second-order valence-electron chi connectivity index (χ2n) is 3.34. The Morgan fingerprint density at radius 3 is 2.33 bits per heavy atom. The summed E-state index contributed by atoms with van der Waals surface area (Å²) in [5.41, 5.74) is 6.74. The smallest absolute Gasteiger partial charge is 0.151 e. The molecule has 0 amide bonds. The molecule has 0 spiro atoms. The molecule has 0 radical (unpaired) electrons. The van der Waals surface area contributed by atoms with Crippen LogP contribution in [0.25, 0.3) is 0 Å². The van der Waals surface area contributed by atoms with Crippen LogP contribution in [0.5, 0.6) is 0 Å². The molecule has 0 aliphatic heterocycles. The highest BCUT2D eigenvalue weighted by Crippen LogP contribution is 2.36. The van der Waals surface area contributed by atoms with Crippen LogP contribution in [0.4, 0.5) is 0 Å². The zero-order valence-electron chi connectivity index (χ0n) is 8.20. The van der Waals surface area contributed by atoms with Gasteiger partial charge < -0.3 is 5.73 Å². The molecule has 0 aliphatic carbocycles. The summed E-state index contributed by atoms with van der Waals surface area (Å²) in [7, 11) is -3.11. The van der Waals surface area contributed by atoms with E-state index in [4.69, 9.17) is 5.73 Å². The van der Waals surface area contributed by atoms with Gasteiger partial charge in [-0.05, 0) is 50.4 Å². The first kappa shape index (κ1) is 13.6. The van der Waals surface area contributed by atoms with Gasteiger partial charge in [-0.1, -0.05) is 0 Å². The van der Waals surface area contributed by atoms with Crippen molar-refractivity contribution in [2.75, 3.05) is 6.26 Å².